The van der Waals surface area contributed by atoms with Crippen LogP contribution in [0.4, 0.5) is 0 Å². The van der Waals surface area contributed by atoms with Crippen LogP contribution < -0.4 is 0 Å². The van der Waals surface area contributed by atoms with Gasteiger partial charge in [0.05, 0.1) is 6.54 Å². The molecule has 0 saturated heterocycles. The maximum absolute atomic E-state index is 8.02. The summed E-state index contributed by atoms with van der Waals surface area (Å²) in [6.45, 7) is 4.36. The van der Waals surface area contributed by atoms with Crippen LogP contribution >= 0.6 is 23.2 Å². The van der Waals surface area contributed by atoms with E-state index in [0.29, 0.717) is 11.6 Å². The second kappa shape index (κ2) is 11.0. The maximum atomic E-state index is 8.02. The minimum Gasteiger partial charge on any atom is -0.0893 e. The highest BCUT2D eigenvalue weighted by Gasteiger charge is 2.22. The van der Waals surface area contributed by atoms with Crippen LogP contribution in [0.3, 0.4) is 0 Å². The first-order valence-electron chi connectivity index (χ1n) is 7.70. The van der Waals surface area contributed by atoms with Crippen LogP contribution in [0.1, 0.15) is 43.7 Å². The van der Waals surface area contributed by atoms with Crippen molar-refractivity contribution in [3.63, 3.8) is 0 Å². The summed E-state index contributed by atoms with van der Waals surface area (Å²) in [6.07, 6.45) is 2.70. The van der Waals surface area contributed by atoms with Crippen LogP contribution in [0.5, 0.6) is 0 Å². The van der Waals surface area contributed by atoms with Gasteiger partial charge in [-0.3, -0.25) is 0 Å². The van der Waals surface area contributed by atoms with Crippen molar-refractivity contribution in [3.8, 4) is 0 Å². The van der Waals surface area contributed by atoms with Gasteiger partial charge in [0.25, 0.3) is 0 Å². The minimum absolute atomic E-state index is 0.358. The molecule has 3 rings (SSSR count). The van der Waals surface area contributed by atoms with Crippen LogP contribution in [-0.4, -0.2) is 0 Å². The molecule has 0 radical (unpaired) electrons. The number of benzene rings is 2. The molecule has 0 heterocycles. The summed E-state index contributed by atoms with van der Waals surface area (Å²) < 4.78 is 0. The van der Waals surface area contributed by atoms with Gasteiger partial charge in [-0.2, -0.15) is 0 Å². The lowest BCUT2D eigenvalue weighted by atomic mass is 10.1. The minimum atomic E-state index is 0.358. The molecule has 23 heavy (non-hydrogen) atoms. The first-order chi connectivity index (χ1) is 11.2. The van der Waals surface area contributed by atoms with Crippen molar-refractivity contribution in [1.29, 1.82) is 0 Å². The van der Waals surface area contributed by atoms with Crippen molar-refractivity contribution in [1.82, 2.24) is 0 Å². The summed E-state index contributed by atoms with van der Waals surface area (Å²) >= 11 is 11.5. The Morgan fingerprint density at radius 1 is 1.04 bits per heavy atom. The smallest absolute Gasteiger partial charge is 0.0511 e. The third-order valence-corrected chi connectivity index (χ3v) is 3.57. The largest absolute Gasteiger partial charge is 0.0893 e. The van der Waals surface area contributed by atoms with E-state index in [-0.39, 0.29) is 0 Å². The quantitative estimate of drug-likeness (QED) is 0.315. The first kappa shape index (κ1) is 19.4. The summed E-state index contributed by atoms with van der Waals surface area (Å²) in [5.41, 5.74) is 10.4. The molecule has 5 heteroatoms. The Morgan fingerprint density at radius 3 is 2.17 bits per heavy atom. The van der Waals surface area contributed by atoms with Crippen molar-refractivity contribution >= 4 is 23.2 Å². The molecule has 1 aliphatic carbocycles. The molecular weight excluding hydrogens is 329 g/mol. The third kappa shape index (κ3) is 7.94. The molecule has 0 bridgehead atoms. The molecule has 2 aromatic rings. The monoisotopic (exact) mass is 349 g/mol. The Kier molecular flexibility index (Phi) is 9.23. The third-order valence-electron chi connectivity index (χ3n) is 3.10. The highest BCUT2D eigenvalue weighted by Crippen LogP contribution is 2.40. The fourth-order valence-electron chi connectivity index (χ4n) is 1.93. The van der Waals surface area contributed by atoms with Gasteiger partial charge in [0.1, 0.15) is 0 Å². The molecule has 1 aliphatic rings. The Balaban J connectivity index is 0.000000208. The highest BCUT2D eigenvalue weighted by molar-refractivity contribution is 6.30. The number of nitrogens with zero attached hydrogens (tertiary/aromatic N) is 3. The fraction of sp³-hybridized carbons (Fsp3) is 0.333. The predicted molar refractivity (Wildman–Crippen MR) is 99.1 cm³/mol. The summed E-state index contributed by atoms with van der Waals surface area (Å²) in [4.78, 5) is 2.64. The van der Waals surface area contributed by atoms with Gasteiger partial charge in [-0.15, -0.1) is 0 Å². The Morgan fingerprint density at radius 2 is 1.65 bits per heavy atom. The number of rotatable bonds is 3. The van der Waals surface area contributed by atoms with E-state index in [4.69, 9.17) is 28.7 Å². The summed E-state index contributed by atoms with van der Waals surface area (Å²) in [6, 6.07) is 15.4. The average Bonchev–Trinajstić information content (AvgIpc) is 3.41. The molecule has 1 saturated carbocycles. The van der Waals surface area contributed by atoms with E-state index in [1.54, 1.807) is 12.1 Å². The summed E-state index contributed by atoms with van der Waals surface area (Å²) in [5.74, 6) is 0.818. The van der Waals surface area contributed by atoms with E-state index in [1.807, 2.05) is 38.1 Å². The lowest BCUT2D eigenvalue weighted by molar-refractivity contribution is 1.05. The van der Waals surface area contributed by atoms with Gasteiger partial charge in [-0.05, 0) is 59.7 Å². The molecular formula is C18H21Cl2N3. The maximum Gasteiger partial charge on any atom is 0.0511 e. The van der Waals surface area contributed by atoms with E-state index < -0.39 is 0 Å². The molecule has 2 aromatic carbocycles. The molecule has 3 nitrogen and oxygen atoms in total. The van der Waals surface area contributed by atoms with Crippen LogP contribution in [0.2, 0.25) is 10.0 Å². The number of hydrogen-bond acceptors (Lipinski definition) is 1. The zero-order chi connectivity index (χ0) is 17.1. The lowest BCUT2D eigenvalue weighted by Crippen LogP contribution is -1.77. The molecule has 0 N–H and O–H groups in total. The van der Waals surface area contributed by atoms with Gasteiger partial charge in [0.2, 0.25) is 0 Å². The summed E-state index contributed by atoms with van der Waals surface area (Å²) in [5, 5.41) is 4.93. The molecule has 0 unspecified atom stereocenters. The van der Waals surface area contributed by atoms with Gasteiger partial charge < -0.3 is 0 Å². The lowest BCUT2D eigenvalue weighted by Gasteiger charge is -1.95. The molecule has 0 spiro atoms. The standard InChI is InChI=1S/C9H9Cl.C7H6ClN3.C2H6/c10-9-3-1-2-8(6-9)7-4-5-7;8-7-3-1-2-6(4-7)5-10-11-9;1-2/h1-3,6-7H,4-5H2;1-4H,5H2;1-2H3. The molecule has 0 amide bonds. The van der Waals surface area contributed by atoms with Gasteiger partial charge in [0, 0.05) is 15.0 Å². The van der Waals surface area contributed by atoms with E-state index in [0.717, 1.165) is 16.5 Å². The fourth-order valence-corrected chi connectivity index (χ4v) is 2.34. The van der Waals surface area contributed by atoms with Crippen LogP contribution in [0, 0.1) is 0 Å². The molecule has 0 aromatic heterocycles. The zero-order valence-corrected chi connectivity index (χ0v) is 14.9. The van der Waals surface area contributed by atoms with E-state index in [1.165, 1.54) is 18.4 Å². The Hall–Kier alpha value is -1.67. The number of halogens is 2. The van der Waals surface area contributed by atoms with E-state index in [9.17, 15) is 0 Å². The number of azide groups is 1. The van der Waals surface area contributed by atoms with Crippen LogP contribution in [0.25, 0.3) is 10.4 Å². The highest BCUT2D eigenvalue weighted by atomic mass is 35.5. The normalized spacial score (nSPS) is 12.0. The van der Waals surface area contributed by atoms with E-state index in [2.05, 4.69) is 22.2 Å². The second-order valence-electron chi connectivity index (χ2n) is 4.85. The average molecular weight is 350 g/mol. The van der Waals surface area contributed by atoms with Crippen molar-refractivity contribution < 1.29 is 0 Å². The summed E-state index contributed by atoms with van der Waals surface area (Å²) in [7, 11) is 0. The van der Waals surface area contributed by atoms with Gasteiger partial charge in [0.15, 0.2) is 0 Å². The van der Waals surface area contributed by atoms with Crippen molar-refractivity contribution in [2.24, 2.45) is 5.11 Å². The molecule has 0 aliphatic heterocycles. The topological polar surface area (TPSA) is 48.8 Å². The molecule has 122 valence electrons. The Bertz CT molecular complexity index is 648. The van der Waals surface area contributed by atoms with Gasteiger partial charge in [-0.25, -0.2) is 0 Å². The number of hydrogen-bond donors (Lipinski definition) is 0. The van der Waals surface area contributed by atoms with Crippen LogP contribution in [-0.2, 0) is 6.54 Å². The SMILES string of the molecule is CC.Clc1cccc(C2CC2)c1.[N-]=[N+]=NCc1cccc(Cl)c1. The van der Waals surface area contributed by atoms with Crippen molar-refractivity contribution in [2.45, 2.75) is 39.2 Å². The van der Waals surface area contributed by atoms with Gasteiger partial charge in [-0.1, -0.05) is 66.4 Å². The first-order valence-corrected chi connectivity index (χ1v) is 8.45. The predicted octanol–water partition coefficient (Wildman–Crippen LogP) is 7.39. The van der Waals surface area contributed by atoms with Crippen molar-refractivity contribution in [3.05, 3.63) is 80.1 Å². The van der Waals surface area contributed by atoms with E-state index >= 15 is 0 Å². The zero-order valence-electron chi connectivity index (χ0n) is 13.4. The molecule has 0 atom stereocenters. The Labute approximate surface area is 147 Å². The second-order valence-corrected chi connectivity index (χ2v) is 5.72. The van der Waals surface area contributed by atoms with Crippen molar-refractivity contribution in [2.75, 3.05) is 0 Å². The van der Waals surface area contributed by atoms with Crippen LogP contribution in [0.15, 0.2) is 53.6 Å². The van der Waals surface area contributed by atoms with Gasteiger partial charge >= 0.3 is 0 Å². The molecule has 1 fully saturated rings.